The molecule has 0 unspecified atom stereocenters. The van der Waals surface area contributed by atoms with Crippen LogP contribution in [0.5, 0.6) is 5.75 Å². The van der Waals surface area contributed by atoms with Crippen molar-refractivity contribution in [1.29, 1.82) is 0 Å². The molecule has 1 saturated heterocycles. The molecule has 1 fully saturated rings. The molecule has 1 aromatic carbocycles. The number of amides is 1. The maximum atomic E-state index is 12.3. The summed E-state index contributed by atoms with van der Waals surface area (Å²) in [5, 5.41) is 3.32. The second-order valence-corrected chi connectivity index (χ2v) is 6.56. The van der Waals surface area contributed by atoms with Crippen molar-refractivity contribution in [2.45, 2.75) is 33.1 Å². The molecular formula is C18H29N3O2. The smallest absolute Gasteiger partial charge is 0.222 e. The van der Waals surface area contributed by atoms with Crippen LogP contribution < -0.4 is 15.8 Å². The van der Waals surface area contributed by atoms with E-state index in [-0.39, 0.29) is 5.91 Å². The van der Waals surface area contributed by atoms with Gasteiger partial charge < -0.3 is 20.7 Å². The monoisotopic (exact) mass is 319 g/mol. The number of hydrogen-bond donors (Lipinski definition) is 2. The van der Waals surface area contributed by atoms with Crippen LogP contribution >= 0.6 is 0 Å². The van der Waals surface area contributed by atoms with Gasteiger partial charge in [-0.25, -0.2) is 0 Å². The third-order valence-corrected chi connectivity index (χ3v) is 3.97. The van der Waals surface area contributed by atoms with Crippen molar-refractivity contribution in [3.63, 3.8) is 0 Å². The van der Waals surface area contributed by atoms with E-state index >= 15 is 0 Å². The minimum Gasteiger partial charge on any atom is -0.491 e. The molecule has 0 saturated carbocycles. The third-order valence-electron chi connectivity index (χ3n) is 3.97. The molecule has 5 nitrogen and oxygen atoms in total. The number of rotatable bonds is 6. The standard InChI is InChI=1S/C18H29N3O2/c1-14(2)13-23-17-6-4-15(12-16(17)19)5-7-18(22)21-10-3-8-20-9-11-21/h4,6,12,14,20H,3,5,7-11,13,19H2,1-2H3. The van der Waals surface area contributed by atoms with E-state index in [1.165, 1.54) is 0 Å². The molecule has 0 bridgehead atoms. The Morgan fingerprint density at radius 1 is 1.35 bits per heavy atom. The molecule has 3 N–H and O–H groups in total. The lowest BCUT2D eigenvalue weighted by Gasteiger charge is -2.20. The summed E-state index contributed by atoms with van der Waals surface area (Å²) >= 11 is 0. The number of nitrogens with one attached hydrogen (secondary N) is 1. The van der Waals surface area contributed by atoms with Crippen molar-refractivity contribution in [2.24, 2.45) is 5.92 Å². The van der Waals surface area contributed by atoms with E-state index in [2.05, 4.69) is 19.2 Å². The zero-order valence-corrected chi connectivity index (χ0v) is 14.3. The fraction of sp³-hybridized carbons (Fsp3) is 0.611. The van der Waals surface area contributed by atoms with Crippen LogP contribution in [0.4, 0.5) is 5.69 Å². The fourth-order valence-corrected chi connectivity index (χ4v) is 2.65. The van der Waals surface area contributed by atoms with Crippen molar-refractivity contribution in [1.82, 2.24) is 10.2 Å². The van der Waals surface area contributed by atoms with Crippen molar-refractivity contribution < 1.29 is 9.53 Å². The number of carbonyl (C=O) groups excluding carboxylic acids is 1. The summed E-state index contributed by atoms with van der Waals surface area (Å²) in [4.78, 5) is 14.3. The number of nitrogens with two attached hydrogens (primary N) is 1. The highest BCUT2D eigenvalue weighted by Crippen LogP contribution is 2.24. The fourth-order valence-electron chi connectivity index (χ4n) is 2.65. The minimum atomic E-state index is 0.229. The van der Waals surface area contributed by atoms with Gasteiger partial charge in [0.05, 0.1) is 12.3 Å². The highest BCUT2D eigenvalue weighted by Gasteiger charge is 2.15. The van der Waals surface area contributed by atoms with Crippen molar-refractivity contribution in [3.8, 4) is 5.75 Å². The van der Waals surface area contributed by atoms with Crippen LogP contribution in [0, 0.1) is 5.92 Å². The van der Waals surface area contributed by atoms with Crippen molar-refractivity contribution >= 4 is 11.6 Å². The number of ether oxygens (including phenoxy) is 1. The molecule has 23 heavy (non-hydrogen) atoms. The van der Waals surface area contributed by atoms with Crippen LogP contribution in [-0.4, -0.2) is 43.6 Å². The average Bonchev–Trinajstić information content (AvgIpc) is 2.80. The van der Waals surface area contributed by atoms with Crippen LogP contribution in [-0.2, 0) is 11.2 Å². The Labute approximate surface area is 139 Å². The molecule has 0 atom stereocenters. The van der Waals surface area contributed by atoms with Crippen molar-refractivity contribution in [3.05, 3.63) is 23.8 Å². The van der Waals surface area contributed by atoms with Gasteiger partial charge in [0.25, 0.3) is 0 Å². The molecule has 2 rings (SSSR count). The molecule has 0 radical (unpaired) electrons. The molecule has 5 heteroatoms. The Kier molecular flexibility index (Phi) is 6.71. The van der Waals surface area contributed by atoms with Crippen LogP contribution in [0.15, 0.2) is 18.2 Å². The number of anilines is 1. The Hall–Kier alpha value is -1.75. The summed E-state index contributed by atoms with van der Waals surface area (Å²) in [6.45, 7) is 8.42. The predicted octanol–water partition coefficient (Wildman–Crippen LogP) is 2.06. The maximum Gasteiger partial charge on any atom is 0.222 e. The van der Waals surface area contributed by atoms with Gasteiger partial charge in [-0.15, -0.1) is 0 Å². The second kappa shape index (κ2) is 8.77. The molecule has 1 aliphatic heterocycles. The van der Waals surface area contributed by atoms with E-state index in [1.54, 1.807) is 0 Å². The highest BCUT2D eigenvalue weighted by molar-refractivity contribution is 5.76. The highest BCUT2D eigenvalue weighted by atomic mass is 16.5. The number of hydrogen-bond acceptors (Lipinski definition) is 4. The first-order chi connectivity index (χ1) is 11.1. The van der Waals surface area contributed by atoms with Crippen LogP contribution in [0.3, 0.4) is 0 Å². The van der Waals surface area contributed by atoms with Gasteiger partial charge in [0.15, 0.2) is 0 Å². The molecule has 0 aromatic heterocycles. The number of aryl methyl sites for hydroxylation is 1. The summed E-state index contributed by atoms with van der Waals surface area (Å²) in [6.07, 6.45) is 2.28. The van der Waals surface area contributed by atoms with E-state index in [0.717, 1.165) is 50.3 Å². The van der Waals surface area contributed by atoms with Gasteiger partial charge in [0.1, 0.15) is 5.75 Å². The zero-order chi connectivity index (χ0) is 16.7. The normalized spacial score (nSPS) is 15.5. The molecule has 0 aliphatic carbocycles. The van der Waals surface area contributed by atoms with E-state index in [1.807, 2.05) is 23.1 Å². The molecule has 1 aromatic rings. The topological polar surface area (TPSA) is 67.6 Å². The first-order valence-corrected chi connectivity index (χ1v) is 8.56. The average molecular weight is 319 g/mol. The molecule has 0 spiro atoms. The molecule has 1 aliphatic rings. The summed E-state index contributed by atoms with van der Waals surface area (Å²) in [5.74, 6) is 1.43. The summed E-state index contributed by atoms with van der Waals surface area (Å²) in [7, 11) is 0. The lowest BCUT2D eigenvalue weighted by molar-refractivity contribution is -0.130. The van der Waals surface area contributed by atoms with Crippen LogP contribution in [0.1, 0.15) is 32.3 Å². The largest absolute Gasteiger partial charge is 0.491 e. The first kappa shape index (κ1) is 17.6. The summed E-state index contributed by atoms with van der Waals surface area (Å²) in [6, 6.07) is 5.84. The first-order valence-electron chi connectivity index (χ1n) is 8.56. The zero-order valence-electron chi connectivity index (χ0n) is 14.3. The van der Waals surface area contributed by atoms with Crippen molar-refractivity contribution in [2.75, 3.05) is 38.5 Å². The number of benzene rings is 1. The van der Waals surface area contributed by atoms with Gasteiger partial charge in [0.2, 0.25) is 5.91 Å². The number of nitrogens with zero attached hydrogens (tertiary/aromatic N) is 1. The Bertz CT molecular complexity index is 509. The molecular weight excluding hydrogens is 290 g/mol. The molecule has 1 amide bonds. The lowest BCUT2D eigenvalue weighted by Crippen LogP contribution is -2.34. The van der Waals surface area contributed by atoms with Gasteiger partial charge in [-0.3, -0.25) is 4.79 Å². The van der Waals surface area contributed by atoms with Crippen LogP contribution in [0.25, 0.3) is 0 Å². The summed E-state index contributed by atoms with van der Waals surface area (Å²) in [5.41, 5.74) is 7.78. The van der Waals surface area contributed by atoms with E-state index < -0.39 is 0 Å². The minimum absolute atomic E-state index is 0.229. The third kappa shape index (κ3) is 5.75. The van der Waals surface area contributed by atoms with Crippen LogP contribution in [0.2, 0.25) is 0 Å². The predicted molar refractivity (Wildman–Crippen MR) is 93.6 cm³/mol. The maximum absolute atomic E-state index is 12.3. The second-order valence-electron chi connectivity index (χ2n) is 6.56. The summed E-state index contributed by atoms with van der Waals surface area (Å²) < 4.78 is 5.68. The van der Waals surface area contributed by atoms with E-state index in [9.17, 15) is 4.79 Å². The molecule has 1 heterocycles. The van der Waals surface area contributed by atoms with Gasteiger partial charge in [-0.1, -0.05) is 19.9 Å². The van der Waals surface area contributed by atoms with Gasteiger partial charge in [-0.2, -0.15) is 0 Å². The Balaban J connectivity index is 1.85. The quantitative estimate of drug-likeness (QED) is 0.788. The van der Waals surface area contributed by atoms with E-state index in [4.69, 9.17) is 10.5 Å². The Morgan fingerprint density at radius 3 is 2.91 bits per heavy atom. The number of nitrogen functional groups attached to an aromatic ring is 1. The number of carbonyl (C=O) groups is 1. The SMILES string of the molecule is CC(C)COc1ccc(CCC(=O)N2CCCNCC2)cc1N. The van der Waals surface area contributed by atoms with Gasteiger partial charge in [0, 0.05) is 26.1 Å². The van der Waals surface area contributed by atoms with Gasteiger partial charge >= 0.3 is 0 Å². The lowest BCUT2D eigenvalue weighted by atomic mass is 10.1. The Morgan fingerprint density at radius 2 is 2.17 bits per heavy atom. The van der Waals surface area contributed by atoms with Gasteiger partial charge in [-0.05, 0) is 43.0 Å². The molecule has 128 valence electrons. The van der Waals surface area contributed by atoms with E-state index in [0.29, 0.717) is 24.6 Å².